The first-order valence-electron chi connectivity index (χ1n) is 4.48. The van der Waals surface area contributed by atoms with Crippen molar-refractivity contribution in [2.75, 3.05) is 5.32 Å². The standard InChI is InChI=1S/C10H13IN2O/c1-7(2)3-10(14)13-9-4-8(11)5-12-6-9/h4-7H,3H2,1-2H3,(H,13,14). The van der Waals surface area contributed by atoms with Crippen LogP contribution in [-0.2, 0) is 4.79 Å². The largest absolute Gasteiger partial charge is 0.325 e. The number of carbonyl (C=O) groups is 1. The third-order valence-corrected chi connectivity index (χ3v) is 2.17. The first kappa shape index (κ1) is 11.4. The first-order chi connectivity index (χ1) is 6.58. The second kappa shape index (κ2) is 5.29. The molecule has 3 nitrogen and oxygen atoms in total. The number of nitrogens with one attached hydrogen (secondary N) is 1. The molecule has 0 aliphatic carbocycles. The molecular weight excluding hydrogens is 291 g/mol. The summed E-state index contributed by atoms with van der Waals surface area (Å²) in [6.07, 6.45) is 3.95. The van der Waals surface area contributed by atoms with Crippen molar-refractivity contribution in [1.29, 1.82) is 0 Å². The van der Waals surface area contributed by atoms with E-state index in [0.29, 0.717) is 12.3 Å². The third-order valence-electron chi connectivity index (χ3n) is 1.58. The zero-order valence-electron chi connectivity index (χ0n) is 8.25. The van der Waals surface area contributed by atoms with Crippen LogP contribution in [0.3, 0.4) is 0 Å². The van der Waals surface area contributed by atoms with Crippen LogP contribution in [0.15, 0.2) is 18.5 Å². The van der Waals surface area contributed by atoms with Crippen LogP contribution in [0.5, 0.6) is 0 Å². The fourth-order valence-electron chi connectivity index (χ4n) is 1.06. The van der Waals surface area contributed by atoms with Gasteiger partial charge in [0.1, 0.15) is 0 Å². The molecule has 1 N–H and O–H groups in total. The van der Waals surface area contributed by atoms with E-state index in [1.165, 1.54) is 0 Å². The summed E-state index contributed by atoms with van der Waals surface area (Å²) in [6.45, 7) is 4.04. The van der Waals surface area contributed by atoms with Gasteiger partial charge < -0.3 is 5.32 Å². The second-order valence-electron chi connectivity index (χ2n) is 3.54. The molecule has 4 heteroatoms. The van der Waals surface area contributed by atoms with Gasteiger partial charge in [-0.2, -0.15) is 0 Å². The van der Waals surface area contributed by atoms with Gasteiger partial charge in [-0.25, -0.2) is 0 Å². The topological polar surface area (TPSA) is 42.0 Å². The molecule has 0 saturated carbocycles. The molecule has 0 bridgehead atoms. The Morgan fingerprint density at radius 3 is 2.86 bits per heavy atom. The van der Waals surface area contributed by atoms with Crippen LogP contribution in [0, 0.1) is 9.49 Å². The summed E-state index contributed by atoms with van der Waals surface area (Å²) in [4.78, 5) is 15.4. The fraction of sp³-hybridized carbons (Fsp3) is 0.400. The number of nitrogens with zero attached hydrogens (tertiary/aromatic N) is 1. The summed E-state index contributed by atoms with van der Waals surface area (Å²) in [5.41, 5.74) is 0.766. The monoisotopic (exact) mass is 304 g/mol. The van der Waals surface area contributed by atoms with Crippen LogP contribution < -0.4 is 5.32 Å². The van der Waals surface area contributed by atoms with E-state index in [0.717, 1.165) is 9.26 Å². The predicted molar refractivity (Wildman–Crippen MR) is 65.0 cm³/mol. The summed E-state index contributed by atoms with van der Waals surface area (Å²) in [5.74, 6) is 0.426. The van der Waals surface area contributed by atoms with Gasteiger partial charge in [-0.15, -0.1) is 0 Å². The van der Waals surface area contributed by atoms with Crippen molar-refractivity contribution < 1.29 is 4.79 Å². The Morgan fingerprint density at radius 2 is 2.29 bits per heavy atom. The number of aromatic nitrogens is 1. The molecule has 0 aromatic carbocycles. The molecule has 1 aromatic rings. The molecule has 1 rings (SSSR count). The van der Waals surface area contributed by atoms with Crippen molar-refractivity contribution in [1.82, 2.24) is 4.98 Å². The van der Waals surface area contributed by atoms with E-state index >= 15 is 0 Å². The van der Waals surface area contributed by atoms with Gasteiger partial charge in [-0.3, -0.25) is 9.78 Å². The number of rotatable bonds is 3. The molecule has 0 saturated heterocycles. The zero-order valence-corrected chi connectivity index (χ0v) is 10.4. The van der Waals surface area contributed by atoms with Crippen molar-refractivity contribution in [3.8, 4) is 0 Å². The number of anilines is 1. The minimum atomic E-state index is 0.0452. The predicted octanol–water partition coefficient (Wildman–Crippen LogP) is 2.67. The van der Waals surface area contributed by atoms with E-state index in [2.05, 4.69) is 32.9 Å². The van der Waals surface area contributed by atoms with Gasteiger partial charge in [0.05, 0.1) is 11.9 Å². The van der Waals surface area contributed by atoms with Crippen LogP contribution in [0.2, 0.25) is 0 Å². The number of hydrogen-bond donors (Lipinski definition) is 1. The van der Waals surface area contributed by atoms with Gasteiger partial charge in [-0.1, -0.05) is 13.8 Å². The number of pyridine rings is 1. The van der Waals surface area contributed by atoms with E-state index in [1.54, 1.807) is 12.4 Å². The smallest absolute Gasteiger partial charge is 0.224 e. The highest BCUT2D eigenvalue weighted by Gasteiger charge is 2.05. The lowest BCUT2D eigenvalue weighted by Crippen LogP contribution is -2.13. The Hall–Kier alpha value is -0.650. The van der Waals surface area contributed by atoms with E-state index in [1.807, 2.05) is 19.9 Å². The molecule has 0 unspecified atom stereocenters. The molecule has 14 heavy (non-hydrogen) atoms. The van der Waals surface area contributed by atoms with Gasteiger partial charge in [-0.05, 0) is 34.6 Å². The molecule has 0 spiro atoms. The quantitative estimate of drug-likeness (QED) is 0.872. The average molecular weight is 304 g/mol. The second-order valence-corrected chi connectivity index (χ2v) is 4.78. The lowest BCUT2D eigenvalue weighted by Gasteiger charge is -2.06. The minimum absolute atomic E-state index is 0.0452. The van der Waals surface area contributed by atoms with Gasteiger partial charge in [0.25, 0.3) is 0 Å². The average Bonchev–Trinajstić information content (AvgIpc) is 2.01. The molecule has 1 aromatic heterocycles. The highest BCUT2D eigenvalue weighted by Crippen LogP contribution is 2.11. The molecule has 1 amide bonds. The summed E-state index contributed by atoms with van der Waals surface area (Å²) in [6, 6.07) is 1.89. The summed E-state index contributed by atoms with van der Waals surface area (Å²) in [7, 11) is 0. The Kier molecular flexibility index (Phi) is 4.31. The molecule has 0 aliphatic heterocycles. The van der Waals surface area contributed by atoms with Gasteiger partial charge in [0.15, 0.2) is 0 Å². The van der Waals surface area contributed by atoms with Crippen molar-refractivity contribution in [2.45, 2.75) is 20.3 Å². The number of halogens is 1. The van der Waals surface area contributed by atoms with Crippen LogP contribution in [0.4, 0.5) is 5.69 Å². The van der Waals surface area contributed by atoms with Crippen molar-refractivity contribution in [3.05, 3.63) is 22.0 Å². The molecular formula is C10H13IN2O. The van der Waals surface area contributed by atoms with E-state index in [9.17, 15) is 4.79 Å². The molecule has 76 valence electrons. The minimum Gasteiger partial charge on any atom is -0.325 e. The zero-order chi connectivity index (χ0) is 10.6. The molecule has 0 fully saturated rings. The molecule has 0 atom stereocenters. The maximum Gasteiger partial charge on any atom is 0.224 e. The molecule has 0 aliphatic rings. The summed E-state index contributed by atoms with van der Waals surface area (Å²) < 4.78 is 1.02. The van der Waals surface area contributed by atoms with Crippen LogP contribution in [-0.4, -0.2) is 10.9 Å². The normalized spacial score (nSPS) is 10.3. The van der Waals surface area contributed by atoms with Crippen molar-refractivity contribution in [3.63, 3.8) is 0 Å². The summed E-state index contributed by atoms with van der Waals surface area (Å²) in [5, 5.41) is 2.81. The first-order valence-corrected chi connectivity index (χ1v) is 5.56. The number of hydrogen-bond acceptors (Lipinski definition) is 2. The van der Waals surface area contributed by atoms with Gasteiger partial charge in [0, 0.05) is 16.2 Å². The molecule has 0 radical (unpaired) electrons. The third kappa shape index (κ3) is 4.04. The lowest BCUT2D eigenvalue weighted by molar-refractivity contribution is -0.116. The van der Waals surface area contributed by atoms with Crippen LogP contribution >= 0.6 is 22.6 Å². The van der Waals surface area contributed by atoms with Crippen LogP contribution in [0.1, 0.15) is 20.3 Å². The Morgan fingerprint density at radius 1 is 1.57 bits per heavy atom. The van der Waals surface area contributed by atoms with E-state index in [4.69, 9.17) is 0 Å². The summed E-state index contributed by atoms with van der Waals surface area (Å²) >= 11 is 2.16. The van der Waals surface area contributed by atoms with E-state index < -0.39 is 0 Å². The Balaban J connectivity index is 2.56. The van der Waals surface area contributed by atoms with Gasteiger partial charge >= 0.3 is 0 Å². The fourth-order valence-corrected chi connectivity index (χ4v) is 1.56. The number of amides is 1. The maximum absolute atomic E-state index is 11.4. The maximum atomic E-state index is 11.4. The Bertz CT molecular complexity index is 326. The Labute approximate surface area is 97.4 Å². The highest BCUT2D eigenvalue weighted by molar-refractivity contribution is 14.1. The highest BCUT2D eigenvalue weighted by atomic mass is 127. The van der Waals surface area contributed by atoms with Crippen LogP contribution in [0.25, 0.3) is 0 Å². The number of carbonyl (C=O) groups excluding carboxylic acids is 1. The molecule has 1 heterocycles. The SMILES string of the molecule is CC(C)CC(=O)Nc1cncc(I)c1. The lowest BCUT2D eigenvalue weighted by atomic mass is 10.1. The van der Waals surface area contributed by atoms with Gasteiger partial charge in [0.2, 0.25) is 5.91 Å². The van der Waals surface area contributed by atoms with Crippen molar-refractivity contribution >= 4 is 34.2 Å². The van der Waals surface area contributed by atoms with Crippen molar-refractivity contribution in [2.24, 2.45) is 5.92 Å². The van der Waals surface area contributed by atoms with E-state index in [-0.39, 0.29) is 5.91 Å².